The van der Waals surface area contributed by atoms with E-state index in [0.29, 0.717) is 0 Å². The number of nitrogen functional groups attached to an aromatic ring is 1. The fourth-order valence-corrected chi connectivity index (χ4v) is 1.06. The van der Waals surface area contributed by atoms with E-state index in [9.17, 15) is 0 Å². The van der Waals surface area contributed by atoms with Crippen LogP contribution in [0.1, 0.15) is 0 Å². The normalized spacial score (nSPS) is 9.70. The number of hydrogen-bond donors (Lipinski definition) is 1. The molecule has 0 saturated heterocycles. The molecule has 54 valence electrons. The molecule has 0 spiro atoms. The van der Waals surface area contributed by atoms with Gasteiger partial charge in [-0.3, -0.25) is 0 Å². The van der Waals surface area contributed by atoms with Crippen LogP contribution in [0.4, 0.5) is 5.69 Å². The van der Waals surface area contributed by atoms with E-state index in [-0.39, 0.29) is 0 Å². The molecular formula is C7H9NOS. The molecule has 0 heterocycles. The lowest BCUT2D eigenvalue weighted by Crippen LogP contribution is -1.82. The molecule has 3 heteroatoms. The van der Waals surface area contributed by atoms with Gasteiger partial charge in [-0.2, -0.15) is 0 Å². The van der Waals surface area contributed by atoms with Crippen molar-refractivity contribution in [2.45, 2.75) is 4.90 Å². The molecule has 10 heavy (non-hydrogen) atoms. The molecule has 0 amide bonds. The van der Waals surface area contributed by atoms with Gasteiger partial charge in [0.1, 0.15) is 0 Å². The van der Waals surface area contributed by atoms with Crippen molar-refractivity contribution >= 4 is 17.7 Å². The van der Waals surface area contributed by atoms with Crippen LogP contribution >= 0.6 is 12.0 Å². The van der Waals surface area contributed by atoms with Gasteiger partial charge in [0, 0.05) is 22.6 Å². The summed E-state index contributed by atoms with van der Waals surface area (Å²) in [7, 11) is 1.64. The zero-order chi connectivity index (χ0) is 7.40. The van der Waals surface area contributed by atoms with Crippen molar-refractivity contribution in [1.29, 1.82) is 0 Å². The molecule has 2 nitrogen and oxygen atoms in total. The third kappa shape index (κ3) is 1.93. The van der Waals surface area contributed by atoms with E-state index in [0.717, 1.165) is 10.6 Å². The van der Waals surface area contributed by atoms with Crippen LogP contribution < -0.4 is 5.73 Å². The standard InChI is InChI=1S/C7H9NOS/c1-9-10-7-4-2-6(8)3-5-7/h2-5H,8H2,1H3. The van der Waals surface area contributed by atoms with Crippen molar-refractivity contribution in [2.24, 2.45) is 0 Å². The highest BCUT2D eigenvalue weighted by molar-refractivity contribution is 7.94. The first-order valence-corrected chi connectivity index (χ1v) is 3.63. The van der Waals surface area contributed by atoms with E-state index in [2.05, 4.69) is 0 Å². The van der Waals surface area contributed by atoms with Crippen molar-refractivity contribution in [3.05, 3.63) is 24.3 Å². The summed E-state index contributed by atoms with van der Waals surface area (Å²) in [5.74, 6) is 0. The van der Waals surface area contributed by atoms with Gasteiger partial charge in [-0.15, -0.1) is 0 Å². The molecule has 0 aliphatic heterocycles. The molecule has 0 unspecified atom stereocenters. The van der Waals surface area contributed by atoms with Crippen LogP contribution in [0.2, 0.25) is 0 Å². The van der Waals surface area contributed by atoms with Crippen LogP contribution in [-0.2, 0) is 4.18 Å². The third-order valence-electron chi connectivity index (χ3n) is 1.06. The lowest BCUT2D eigenvalue weighted by molar-refractivity contribution is 0.490. The minimum absolute atomic E-state index is 0.778. The molecule has 0 radical (unpaired) electrons. The van der Waals surface area contributed by atoms with Gasteiger partial charge < -0.3 is 9.92 Å². The lowest BCUT2D eigenvalue weighted by Gasteiger charge is -1.96. The molecule has 0 aromatic heterocycles. The van der Waals surface area contributed by atoms with Gasteiger partial charge in [-0.05, 0) is 24.3 Å². The van der Waals surface area contributed by atoms with Gasteiger partial charge >= 0.3 is 0 Å². The summed E-state index contributed by atoms with van der Waals surface area (Å²) in [5.41, 5.74) is 6.25. The van der Waals surface area contributed by atoms with Crippen molar-refractivity contribution in [3.8, 4) is 0 Å². The van der Waals surface area contributed by atoms with E-state index in [1.54, 1.807) is 7.11 Å². The monoisotopic (exact) mass is 155 g/mol. The Morgan fingerprint density at radius 2 is 1.90 bits per heavy atom. The molecule has 0 bridgehead atoms. The summed E-state index contributed by atoms with van der Waals surface area (Å²) in [4.78, 5) is 1.07. The Balaban J connectivity index is 2.69. The number of benzene rings is 1. The molecule has 0 atom stereocenters. The average molecular weight is 155 g/mol. The summed E-state index contributed by atoms with van der Waals surface area (Å²) in [6.07, 6.45) is 0. The maximum absolute atomic E-state index is 5.47. The Morgan fingerprint density at radius 3 is 2.40 bits per heavy atom. The first-order chi connectivity index (χ1) is 4.83. The van der Waals surface area contributed by atoms with Gasteiger partial charge in [0.25, 0.3) is 0 Å². The lowest BCUT2D eigenvalue weighted by atomic mass is 10.3. The SMILES string of the molecule is COSc1ccc(N)cc1. The maximum Gasteiger partial charge on any atom is 0.0508 e. The summed E-state index contributed by atoms with van der Waals surface area (Å²) in [5, 5.41) is 0. The first-order valence-electron chi connectivity index (χ1n) is 2.89. The van der Waals surface area contributed by atoms with Gasteiger partial charge in [0.2, 0.25) is 0 Å². The van der Waals surface area contributed by atoms with Crippen LogP contribution in [0.15, 0.2) is 29.2 Å². The number of hydrogen-bond acceptors (Lipinski definition) is 3. The molecule has 0 aliphatic carbocycles. The van der Waals surface area contributed by atoms with Crippen molar-refractivity contribution < 1.29 is 4.18 Å². The zero-order valence-corrected chi connectivity index (χ0v) is 6.52. The Labute approximate surface area is 64.6 Å². The summed E-state index contributed by atoms with van der Waals surface area (Å²) in [6.45, 7) is 0. The molecule has 0 aliphatic rings. The smallest absolute Gasteiger partial charge is 0.0508 e. The second-order valence-corrected chi connectivity index (χ2v) is 2.79. The summed E-state index contributed by atoms with van der Waals surface area (Å²) >= 11 is 1.33. The topological polar surface area (TPSA) is 35.2 Å². The Bertz CT molecular complexity index is 197. The summed E-state index contributed by atoms with van der Waals surface area (Å²) < 4.78 is 4.84. The van der Waals surface area contributed by atoms with Crippen LogP contribution in [0.5, 0.6) is 0 Å². The highest BCUT2D eigenvalue weighted by Crippen LogP contribution is 2.18. The highest BCUT2D eigenvalue weighted by Gasteiger charge is 1.89. The third-order valence-corrected chi connectivity index (χ3v) is 1.69. The van der Waals surface area contributed by atoms with Crippen molar-refractivity contribution in [1.82, 2.24) is 0 Å². The average Bonchev–Trinajstić information content (AvgIpc) is 1.95. The minimum atomic E-state index is 0.778. The van der Waals surface area contributed by atoms with E-state index in [4.69, 9.17) is 9.92 Å². The first kappa shape index (κ1) is 7.44. The second-order valence-electron chi connectivity index (χ2n) is 1.82. The largest absolute Gasteiger partial charge is 0.399 e. The van der Waals surface area contributed by atoms with Gasteiger partial charge in [0.15, 0.2) is 0 Å². The molecule has 2 N–H and O–H groups in total. The number of nitrogens with two attached hydrogens (primary N) is 1. The van der Waals surface area contributed by atoms with Gasteiger partial charge in [-0.1, -0.05) is 0 Å². The molecule has 1 aromatic carbocycles. The van der Waals surface area contributed by atoms with Gasteiger partial charge in [0.05, 0.1) is 7.11 Å². The molecule has 0 fully saturated rings. The van der Waals surface area contributed by atoms with E-state index >= 15 is 0 Å². The molecule has 1 rings (SSSR count). The summed E-state index contributed by atoms with van der Waals surface area (Å²) in [6, 6.07) is 7.54. The quantitative estimate of drug-likeness (QED) is 0.523. The van der Waals surface area contributed by atoms with Crippen LogP contribution in [0.3, 0.4) is 0 Å². The van der Waals surface area contributed by atoms with E-state index < -0.39 is 0 Å². The van der Waals surface area contributed by atoms with Gasteiger partial charge in [-0.25, -0.2) is 0 Å². The molecular weight excluding hydrogens is 146 g/mol. The second kappa shape index (κ2) is 3.49. The molecule has 1 aromatic rings. The molecule has 0 saturated carbocycles. The predicted molar refractivity (Wildman–Crippen MR) is 43.7 cm³/mol. The Hall–Kier alpha value is -0.670. The van der Waals surface area contributed by atoms with Crippen molar-refractivity contribution in [2.75, 3.05) is 12.8 Å². The van der Waals surface area contributed by atoms with Crippen LogP contribution in [0.25, 0.3) is 0 Å². The van der Waals surface area contributed by atoms with E-state index in [1.165, 1.54) is 12.0 Å². The fourth-order valence-electron chi connectivity index (χ4n) is 0.620. The zero-order valence-electron chi connectivity index (χ0n) is 5.70. The van der Waals surface area contributed by atoms with Crippen LogP contribution in [0, 0.1) is 0 Å². The van der Waals surface area contributed by atoms with E-state index in [1.807, 2.05) is 24.3 Å². The maximum atomic E-state index is 5.47. The van der Waals surface area contributed by atoms with Crippen molar-refractivity contribution in [3.63, 3.8) is 0 Å². The minimum Gasteiger partial charge on any atom is -0.399 e. The number of rotatable bonds is 2. The highest BCUT2D eigenvalue weighted by atomic mass is 32.2. The number of anilines is 1. The van der Waals surface area contributed by atoms with Crippen LogP contribution in [-0.4, -0.2) is 7.11 Å². The fraction of sp³-hybridized carbons (Fsp3) is 0.143. The Kier molecular flexibility index (Phi) is 2.59. The Morgan fingerprint density at radius 1 is 1.30 bits per heavy atom. The predicted octanol–water partition coefficient (Wildman–Crippen LogP) is 1.92.